The fourth-order valence-electron chi connectivity index (χ4n) is 2.25. The Balaban J connectivity index is 1.96. The van der Waals surface area contributed by atoms with Crippen molar-refractivity contribution in [3.63, 3.8) is 0 Å². The van der Waals surface area contributed by atoms with Gasteiger partial charge in [-0.25, -0.2) is 4.79 Å². The van der Waals surface area contributed by atoms with E-state index in [0.717, 1.165) is 12.1 Å². The van der Waals surface area contributed by atoms with Crippen LogP contribution in [0.25, 0.3) is 0 Å². The van der Waals surface area contributed by atoms with Gasteiger partial charge in [-0.05, 0) is 12.6 Å². The lowest BCUT2D eigenvalue weighted by Crippen LogP contribution is -2.52. The summed E-state index contributed by atoms with van der Waals surface area (Å²) in [5.74, 6) is -1.42. The molecule has 1 saturated heterocycles. The summed E-state index contributed by atoms with van der Waals surface area (Å²) >= 11 is 0. The number of aliphatic carboxylic acids is 1. The molecule has 21 heavy (non-hydrogen) atoms. The third-order valence-electron chi connectivity index (χ3n) is 3.46. The van der Waals surface area contributed by atoms with Gasteiger partial charge in [-0.2, -0.15) is 0 Å². The third-order valence-corrected chi connectivity index (χ3v) is 3.46. The first-order valence-electron chi connectivity index (χ1n) is 6.93. The molecule has 2 rings (SSSR count). The summed E-state index contributed by atoms with van der Waals surface area (Å²) in [6, 6.07) is 8.28. The van der Waals surface area contributed by atoms with Crippen molar-refractivity contribution in [3.05, 3.63) is 35.9 Å². The van der Waals surface area contributed by atoms with Crippen LogP contribution >= 0.6 is 0 Å². The second-order valence-electron chi connectivity index (χ2n) is 5.21. The number of carbonyl (C=O) groups excluding carboxylic acids is 1. The van der Waals surface area contributed by atoms with Crippen LogP contribution in [0.2, 0.25) is 0 Å². The molecule has 2 atom stereocenters. The maximum absolute atomic E-state index is 12.1. The van der Waals surface area contributed by atoms with Crippen LogP contribution in [-0.2, 0) is 20.7 Å². The molecule has 1 amide bonds. The number of morpholine rings is 1. The highest BCUT2D eigenvalue weighted by Crippen LogP contribution is 2.06. The molecule has 0 radical (unpaired) electrons. The first-order valence-corrected chi connectivity index (χ1v) is 6.93. The number of rotatable bonds is 5. The van der Waals surface area contributed by atoms with E-state index in [-0.39, 0.29) is 12.3 Å². The molecule has 0 spiro atoms. The van der Waals surface area contributed by atoms with Crippen LogP contribution in [0.15, 0.2) is 30.3 Å². The maximum atomic E-state index is 12.1. The van der Waals surface area contributed by atoms with E-state index in [4.69, 9.17) is 4.74 Å². The molecule has 2 N–H and O–H groups in total. The highest BCUT2D eigenvalue weighted by Gasteiger charge is 2.28. The van der Waals surface area contributed by atoms with Gasteiger partial charge in [-0.1, -0.05) is 30.3 Å². The Bertz CT molecular complexity index is 492. The SMILES string of the molecule is CN1CCOC(C(=O)N[C@@H](Cc2ccccc2)C(=O)O)C1. The average molecular weight is 292 g/mol. The summed E-state index contributed by atoms with van der Waals surface area (Å²) in [4.78, 5) is 25.4. The molecule has 6 nitrogen and oxygen atoms in total. The molecule has 6 heteroatoms. The second-order valence-corrected chi connectivity index (χ2v) is 5.21. The molecule has 1 aliphatic heterocycles. The van der Waals surface area contributed by atoms with Crippen LogP contribution < -0.4 is 5.32 Å². The minimum atomic E-state index is -1.05. The topological polar surface area (TPSA) is 78.9 Å². The van der Waals surface area contributed by atoms with Gasteiger partial charge < -0.3 is 20.1 Å². The van der Waals surface area contributed by atoms with Crippen LogP contribution in [0.4, 0.5) is 0 Å². The van der Waals surface area contributed by atoms with E-state index in [0.29, 0.717) is 13.2 Å². The standard InChI is InChI=1S/C15H20N2O4/c1-17-7-8-21-13(10-17)14(18)16-12(15(19)20)9-11-5-3-2-4-6-11/h2-6,12-13H,7-10H2,1H3,(H,16,18)(H,19,20)/t12-,13?/m0/s1. The zero-order valence-corrected chi connectivity index (χ0v) is 12.0. The molecule has 1 heterocycles. The van der Waals surface area contributed by atoms with Gasteiger partial charge in [0.25, 0.3) is 5.91 Å². The van der Waals surface area contributed by atoms with Crippen molar-refractivity contribution in [2.24, 2.45) is 0 Å². The van der Waals surface area contributed by atoms with Gasteiger partial charge in [-0.3, -0.25) is 4.79 Å². The molecular weight excluding hydrogens is 272 g/mol. The summed E-state index contributed by atoms with van der Waals surface area (Å²) in [5.41, 5.74) is 0.867. The quantitative estimate of drug-likeness (QED) is 0.806. The molecule has 114 valence electrons. The zero-order valence-electron chi connectivity index (χ0n) is 12.0. The third kappa shape index (κ3) is 4.54. The van der Waals surface area contributed by atoms with Gasteiger partial charge >= 0.3 is 5.97 Å². The van der Waals surface area contributed by atoms with Crippen molar-refractivity contribution in [1.29, 1.82) is 0 Å². The number of benzene rings is 1. The molecule has 0 aliphatic carbocycles. The fraction of sp³-hybridized carbons (Fsp3) is 0.467. The number of hydrogen-bond donors (Lipinski definition) is 2. The number of likely N-dealkylation sites (N-methyl/N-ethyl adjacent to an activating group) is 1. The number of nitrogens with one attached hydrogen (secondary N) is 1. The Kier molecular flexibility index (Phi) is 5.30. The predicted molar refractivity (Wildman–Crippen MR) is 76.9 cm³/mol. The summed E-state index contributed by atoms with van der Waals surface area (Å²) in [6.07, 6.45) is -0.355. The van der Waals surface area contributed by atoms with Crippen molar-refractivity contribution in [2.75, 3.05) is 26.7 Å². The van der Waals surface area contributed by atoms with E-state index >= 15 is 0 Å². The maximum Gasteiger partial charge on any atom is 0.326 e. The minimum Gasteiger partial charge on any atom is -0.480 e. The molecule has 1 aliphatic rings. The number of amides is 1. The smallest absolute Gasteiger partial charge is 0.326 e. The van der Waals surface area contributed by atoms with E-state index in [1.165, 1.54) is 0 Å². The summed E-state index contributed by atoms with van der Waals surface area (Å²) < 4.78 is 5.39. The van der Waals surface area contributed by atoms with Gasteiger partial charge in [0.15, 0.2) is 0 Å². The van der Waals surface area contributed by atoms with Crippen molar-refractivity contribution in [2.45, 2.75) is 18.6 Å². The second kappa shape index (κ2) is 7.19. The van der Waals surface area contributed by atoms with E-state index in [1.54, 1.807) is 0 Å². The molecule has 1 unspecified atom stereocenters. The lowest BCUT2D eigenvalue weighted by Gasteiger charge is -2.29. The number of hydrogen-bond acceptors (Lipinski definition) is 4. The lowest BCUT2D eigenvalue weighted by molar-refractivity contribution is -0.146. The number of ether oxygens (including phenoxy) is 1. The number of carboxylic acids is 1. The first kappa shape index (κ1) is 15.5. The first-order chi connectivity index (χ1) is 10.1. The predicted octanol–water partition coefficient (Wildman–Crippen LogP) is 0.129. The molecule has 1 aromatic rings. The zero-order chi connectivity index (χ0) is 15.2. The highest BCUT2D eigenvalue weighted by molar-refractivity contribution is 5.86. The van der Waals surface area contributed by atoms with Gasteiger partial charge in [0, 0.05) is 19.5 Å². The van der Waals surface area contributed by atoms with Crippen molar-refractivity contribution < 1.29 is 19.4 Å². The number of carboxylic acid groups (broad SMARTS) is 1. The lowest BCUT2D eigenvalue weighted by atomic mass is 10.1. The molecule has 1 aromatic carbocycles. The summed E-state index contributed by atoms with van der Waals surface area (Å²) in [5, 5.41) is 11.8. The van der Waals surface area contributed by atoms with E-state index < -0.39 is 18.1 Å². The van der Waals surface area contributed by atoms with E-state index in [2.05, 4.69) is 5.32 Å². The Labute approximate surface area is 123 Å². The van der Waals surface area contributed by atoms with E-state index in [1.807, 2.05) is 42.3 Å². The van der Waals surface area contributed by atoms with Crippen molar-refractivity contribution in [1.82, 2.24) is 10.2 Å². The molecule has 0 saturated carbocycles. The normalized spacial score (nSPS) is 20.7. The Hall–Kier alpha value is -1.92. The fourth-order valence-corrected chi connectivity index (χ4v) is 2.25. The van der Waals surface area contributed by atoms with Crippen LogP contribution in [0.5, 0.6) is 0 Å². The molecule has 1 fully saturated rings. The minimum absolute atomic E-state index is 0.254. The van der Waals surface area contributed by atoms with Gasteiger partial charge in [0.2, 0.25) is 0 Å². The average Bonchev–Trinajstić information content (AvgIpc) is 2.47. The summed E-state index contributed by atoms with van der Waals surface area (Å²) in [6.45, 7) is 1.73. The monoisotopic (exact) mass is 292 g/mol. The van der Waals surface area contributed by atoms with Crippen LogP contribution in [-0.4, -0.2) is 60.8 Å². The van der Waals surface area contributed by atoms with Crippen molar-refractivity contribution >= 4 is 11.9 Å². The number of carbonyl (C=O) groups is 2. The van der Waals surface area contributed by atoms with Crippen LogP contribution in [0.1, 0.15) is 5.56 Å². The van der Waals surface area contributed by atoms with Crippen molar-refractivity contribution in [3.8, 4) is 0 Å². The number of nitrogens with zero attached hydrogens (tertiary/aromatic N) is 1. The molecule has 0 aromatic heterocycles. The molecule has 0 bridgehead atoms. The van der Waals surface area contributed by atoms with Gasteiger partial charge in [0.05, 0.1) is 6.61 Å². The van der Waals surface area contributed by atoms with Gasteiger partial charge in [-0.15, -0.1) is 0 Å². The van der Waals surface area contributed by atoms with Crippen LogP contribution in [0.3, 0.4) is 0 Å². The van der Waals surface area contributed by atoms with E-state index in [9.17, 15) is 14.7 Å². The Morgan fingerprint density at radius 2 is 2.14 bits per heavy atom. The van der Waals surface area contributed by atoms with Gasteiger partial charge in [0.1, 0.15) is 12.1 Å². The highest BCUT2D eigenvalue weighted by atomic mass is 16.5. The van der Waals surface area contributed by atoms with Crippen LogP contribution in [0, 0.1) is 0 Å². The Morgan fingerprint density at radius 1 is 1.43 bits per heavy atom. The molecular formula is C15H20N2O4. The summed E-state index contributed by atoms with van der Waals surface area (Å²) in [7, 11) is 1.90. The largest absolute Gasteiger partial charge is 0.480 e. The Morgan fingerprint density at radius 3 is 2.76 bits per heavy atom.